The van der Waals surface area contributed by atoms with Crippen molar-refractivity contribution in [2.75, 3.05) is 0 Å². The highest BCUT2D eigenvalue weighted by molar-refractivity contribution is 5.09. The Labute approximate surface area is 102 Å². The first-order chi connectivity index (χ1) is 8.27. The molecule has 2 aromatic heterocycles. The molecule has 90 valence electrons. The number of hydrogen-bond acceptors (Lipinski definition) is 3. The summed E-state index contributed by atoms with van der Waals surface area (Å²) < 4.78 is 1.98. The Balaban J connectivity index is 1.87. The summed E-state index contributed by atoms with van der Waals surface area (Å²) in [6.45, 7) is 5.19. The zero-order chi connectivity index (χ0) is 12.1. The molecule has 0 amide bonds. The van der Waals surface area contributed by atoms with Gasteiger partial charge in [-0.25, -0.2) is 0 Å². The maximum atomic E-state index is 4.26. The van der Waals surface area contributed by atoms with Crippen molar-refractivity contribution in [1.82, 2.24) is 20.1 Å². The fourth-order valence-electron chi connectivity index (χ4n) is 1.70. The number of rotatable bonds is 5. The van der Waals surface area contributed by atoms with E-state index in [0.717, 1.165) is 6.54 Å². The quantitative estimate of drug-likeness (QED) is 0.854. The van der Waals surface area contributed by atoms with Crippen LogP contribution >= 0.6 is 0 Å². The summed E-state index contributed by atoms with van der Waals surface area (Å²) in [5.74, 6) is 0. The van der Waals surface area contributed by atoms with Crippen molar-refractivity contribution in [3.05, 3.63) is 48.5 Å². The minimum absolute atomic E-state index is 0.340. The first-order valence-electron chi connectivity index (χ1n) is 5.89. The molecule has 0 aliphatic heterocycles. The van der Waals surface area contributed by atoms with E-state index in [0.29, 0.717) is 12.1 Å². The molecule has 4 nitrogen and oxygen atoms in total. The number of nitrogens with zero attached hydrogens (tertiary/aromatic N) is 3. The van der Waals surface area contributed by atoms with Crippen LogP contribution < -0.4 is 5.32 Å². The summed E-state index contributed by atoms with van der Waals surface area (Å²) in [5.41, 5.74) is 1.25. The van der Waals surface area contributed by atoms with E-state index >= 15 is 0 Å². The normalized spacial score (nSPS) is 14.5. The van der Waals surface area contributed by atoms with E-state index in [-0.39, 0.29) is 0 Å². The fourth-order valence-corrected chi connectivity index (χ4v) is 1.70. The fraction of sp³-hybridized carbons (Fsp3) is 0.385. The zero-order valence-corrected chi connectivity index (χ0v) is 10.2. The molecule has 17 heavy (non-hydrogen) atoms. The van der Waals surface area contributed by atoms with Crippen LogP contribution in [0.2, 0.25) is 0 Å². The van der Waals surface area contributed by atoms with Crippen LogP contribution in [0.1, 0.15) is 25.5 Å². The Bertz CT molecular complexity index is 424. The van der Waals surface area contributed by atoms with Gasteiger partial charge in [-0.2, -0.15) is 5.10 Å². The molecule has 1 N–H and O–H groups in total. The highest BCUT2D eigenvalue weighted by Gasteiger charge is 2.13. The largest absolute Gasteiger partial charge is 0.308 e. The van der Waals surface area contributed by atoms with Crippen molar-refractivity contribution in [2.24, 2.45) is 0 Å². The third-order valence-corrected chi connectivity index (χ3v) is 3.04. The highest BCUT2D eigenvalue weighted by Crippen LogP contribution is 2.09. The van der Waals surface area contributed by atoms with Crippen LogP contribution in [-0.2, 0) is 6.54 Å². The highest BCUT2D eigenvalue weighted by atomic mass is 15.3. The van der Waals surface area contributed by atoms with Crippen molar-refractivity contribution in [3.8, 4) is 0 Å². The lowest BCUT2D eigenvalue weighted by atomic mass is 10.1. The molecule has 0 aliphatic rings. The molecule has 0 aliphatic carbocycles. The number of nitrogens with one attached hydrogen (secondary N) is 1. The van der Waals surface area contributed by atoms with Crippen molar-refractivity contribution in [2.45, 2.75) is 32.5 Å². The number of hydrogen-bond donors (Lipinski definition) is 1. The molecule has 0 unspecified atom stereocenters. The van der Waals surface area contributed by atoms with Gasteiger partial charge in [0.05, 0.1) is 6.04 Å². The maximum absolute atomic E-state index is 4.26. The van der Waals surface area contributed by atoms with Crippen LogP contribution in [0.5, 0.6) is 0 Å². The van der Waals surface area contributed by atoms with E-state index in [4.69, 9.17) is 0 Å². The van der Waals surface area contributed by atoms with Crippen molar-refractivity contribution in [3.63, 3.8) is 0 Å². The third-order valence-electron chi connectivity index (χ3n) is 3.04. The van der Waals surface area contributed by atoms with Crippen LogP contribution in [-0.4, -0.2) is 20.8 Å². The molecule has 2 rings (SSSR count). The standard InChI is InChI=1S/C13H18N4/c1-11(12(2)17-9-3-6-16-17)15-10-13-4-7-14-8-5-13/h3-9,11-12,15H,10H2,1-2H3/t11-,12+/m1/s1. The minimum atomic E-state index is 0.340. The molecule has 2 heterocycles. The zero-order valence-electron chi connectivity index (χ0n) is 10.2. The Morgan fingerprint density at radius 3 is 2.65 bits per heavy atom. The summed E-state index contributed by atoms with van der Waals surface area (Å²) in [4.78, 5) is 4.01. The van der Waals surface area contributed by atoms with E-state index in [1.807, 2.05) is 47.7 Å². The average molecular weight is 230 g/mol. The lowest BCUT2D eigenvalue weighted by Gasteiger charge is -2.21. The molecule has 0 saturated carbocycles. The van der Waals surface area contributed by atoms with E-state index in [9.17, 15) is 0 Å². The first-order valence-corrected chi connectivity index (χ1v) is 5.89. The van der Waals surface area contributed by atoms with Gasteiger partial charge in [-0.15, -0.1) is 0 Å². The molecular formula is C13H18N4. The maximum Gasteiger partial charge on any atom is 0.0641 e. The van der Waals surface area contributed by atoms with Crippen LogP contribution in [0.25, 0.3) is 0 Å². The Kier molecular flexibility index (Phi) is 3.88. The number of pyridine rings is 1. The first kappa shape index (κ1) is 11.8. The van der Waals surface area contributed by atoms with Gasteiger partial charge in [0.2, 0.25) is 0 Å². The lowest BCUT2D eigenvalue weighted by molar-refractivity contribution is 0.365. The van der Waals surface area contributed by atoms with Crippen molar-refractivity contribution in [1.29, 1.82) is 0 Å². The molecule has 0 saturated heterocycles. The van der Waals surface area contributed by atoms with E-state index in [1.165, 1.54) is 5.56 Å². The van der Waals surface area contributed by atoms with Crippen molar-refractivity contribution >= 4 is 0 Å². The second kappa shape index (κ2) is 5.59. The Hall–Kier alpha value is -1.68. The van der Waals surface area contributed by atoms with Crippen LogP contribution in [0.3, 0.4) is 0 Å². The summed E-state index contributed by atoms with van der Waals surface area (Å²) in [6.07, 6.45) is 7.44. The average Bonchev–Trinajstić information content (AvgIpc) is 2.90. The van der Waals surface area contributed by atoms with Gasteiger partial charge in [0.1, 0.15) is 0 Å². The van der Waals surface area contributed by atoms with E-state index in [2.05, 4.69) is 29.2 Å². The van der Waals surface area contributed by atoms with Gasteiger partial charge in [0.15, 0.2) is 0 Å². The van der Waals surface area contributed by atoms with Crippen LogP contribution in [0.15, 0.2) is 43.0 Å². The molecule has 0 bridgehead atoms. The van der Waals surface area contributed by atoms with Crippen LogP contribution in [0, 0.1) is 0 Å². The second-order valence-corrected chi connectivity index (χ2v) is 4.25. The summed E-state index contributed by atoms with van der Waals surface area (Å²) in [6, 6.07) is 6.71. The molecule has 2 atom stereocenters. The molecule has 0 radical (unpaired) electrons. The van der Waals surface area contributed by atoms with Gasteiger partial charge >= 0.3 is 0 Å². The molecule has 2 aromatic rings. The smallest absolute Gasteiger partial charge is 0.0641 e. The van der Waals surface area contributed by atoms with Gasteiger partial charge in [-0.05, 0) is 37.6 Å². The molecule has 4 heteroatoms. The van der Waals surface area contributed by atoms with Gasteiger partial charge in [0, 0.05) is 37.4 Å². The third kappa shape index (κ3) is 3.14. The monoisotopic (exact) mass is 230 g/mol. The van der Waals surface area contributed by atoms with Gasteiger partial charge in [-0.1, -0.05) is 0 Å². The SMILES string of the molecule is C[C@@H](NCc1ccncc1)[C@H](C)n1cccn1. The van der Waals surface area contributed by atoms with E-state index < -0.39 is 0 Å². The van der Waals surface area contributed by atoms with Crippen LogP contribution in [0.4, 0.5) is 0 Å². The summed E-state index contributed by atoms with van der Waals surface area (Å²) in [7, 11) is 0. The predicted molar refractivity (Wildman–Crippen MR) is 67.5 cm³/mol. The Morgan fingerprint density at radius 1 is 1.24 bits per heavy atom. The Morgan fingerprint density at radius 2 is 2.00 bits per heavy atom. The lowest BCUT2D eigenvalue weighted by Crippen LogP contribution is -2.33. The summed E-state index contributed by atoms with van der Waals surface area (Å²) >= 11 is 0. The van der Waals surface area contributed by atoms with Gasteiger partial charge in [0.25, 0.3) is 0 Å². The number of aromatic nitrogens is 3. The van der Waals surface area contributed by atoms with Crippen molar-refractivity contribution < 1.29 is 0 Å². The predicted octanol–water partition coefficient (Wildman–Crippen LogP) is 2.02. The molecule has 0 aromatic carbocycles. The molecular weight excluding hydrogens is 212 g/mol. The topological polar surface area (TPSA) is 42.7 Å². The van der Waals surface area contributed by atoms with Gasteiger partial charge < -0.3 is 5.32 Å². The summed E-state index contributed by atoms with van der Waals surface area (Å²) in [5, 5.41) is 7.76. The second-order valence-electron chi connectivity index (χ2n) is 4.25. The molecule has 0 spiro atoms. The van der Waals surface area contributed by atoms with E-state index in [1.54, 1.807) is 0 Å². The van der Waals surface area contributed by atoms with Gasteiger partial charge in [-0.3, -0.25) is 9.67 Å². The molecule has 0 fully saturated rings. The minimum Gasteiger partial charge on any atom is -0.308 e.